The zero-order valence-corrected chi connectivity index (χ0v) is 13.5. The summed E-state index contributed by atoms with van der Waals surface area (Å²) >= 11 is 1.38. The molecule has 0 aliphatic carbocycles. The molecule has 0 unspecified atom stereocenters. The second kappa shape index (κ2) is 6.54. The first kappa shape index (κ1) is 15.1. The van der Waals surface area contributed by atoms with Gasteiger partial charge in [-0.3, -0.25) is 9.78 Å². The SMILES string of the molecule is Cc1nc(-c2ccccn2)sc1C(=O)N[C@H](C)[C@H]1CCCO1. The first-order chi connectivity index (χ1) is 10.6. The molecule has 2 aromatic heterocycles. The van der Waals surface area contributed by atoms with Crippen LogP contribution < -0.4 is 5.32 Å². The lowest BCUT2D eigenvalue weighted by Gasteiger charge is -2.19. The number of carbonyl (C=O) groups excluding carboxylic acids is 1. The number of nitrogens with one attached hydrogen (secondary N) is 1. The van der Waals surface area contributed by atoms with Gasteiger partial charge in [0.1, 0.15) is 9.88 Å². The molecule has 3 heterocycles. The van der Waals surface area contributed by atoms with Crippen molar-refractivity contribution in [1.29, 1.82) is 0 Å². The molecule has 2 atom stereocenters. The number of ether oxygens (including phenoxy) is 1. The van der Waals surface area contributed by atoms with Crippen molar-refractivity contribution in [2.24, 2.45) is 0 Å². The Kier molecular flexibility index (Phi) is 4.49. The van der Waals surface area contributed by atoms with Crippen LogP contribution in [0.25, 0.3) is 10.7 Å². The molecule has 116 valence electrons. The van der Waals surface area contributed by atoms with E-state index in [1.165, 1.54) is 11.3 Å². The van der Waals surface area contributed by atoms with Crippen LogP contribution in [-0.4, -0.2) is 34.6 Å². The van der Waals surface area contributed by atoms with Crippen molar-refractivity contribution in [3.8, 4) is 10.7 Å². The van der Waals surface area contributed by atoms with Crippen LogP contribution in [0, 0.1) is 6.92 Å². The van der Waals surface area contributed by atoms with E-state index in [2.05, 4.69) is 15.3 Å². The number of aromatic nitrogens is 2. The van der Waals surface area contributed by atoms with Crippen LogP contribution in [0.5, 0.6) is 0 Å². The van der Waals surface area contributed by atoms with Crippen molar-refractivity contribution in [3.05, 3.63) is 35.0 Å². The van der Waals surface area contributed by atoms with Crippen molar-refractivity contribution in [1.82, 2.24) is 15.3 Å². The molecule has 22 heavy (non-hydrogen) atoms. The highest BCUT2D eigenvalue weighted by Gasteiger charge is 2.25. The minimum atomic E-state index is -0.0832. The molecule has 1 N–H and O–H groups in total. The molecule has 3 rings (SSSR count). The van der Waals surface area contributed by atoms with E-state index in [0.29, 0.717) is 4.88 Å². The Morgan fingerprint density at radius 2 is 2.36 bits per heavy atom. The minimum Gasteiger partial charge on any atom is -0.376 e. The topological polar surface area (TPSA) is 64.1 Å². The van der Waals surface area contributed by atoms with E-state index >= 15 is 0 Å². The number of rotatable bonds is 4. The summed E-state index contributed by atoms with van der Waals surface area (Å²) in [4.78, 5) is 21.9. The van der Waals surface area contributed by atoms with Gasteiger partial charge >= 0.3 is 0 Å². The fourth-order valence-corrected chi connectivity index (χ4v) is 3.51. The molecule has 0 spiro atoms. The molecular formula is C16H19N3O2S. The second-order valence-electron chi connectivity index (χ2n) is 5.46. The monoisotopic (exact) mass is 317 g/mol. The Bertz CT molecular complexity index is 651. The number of nitrogens with zero attached hydrogens (tertiary/aromatic N) is 2. The van der Waals surface area contributed by atoms with Gasteiger partial charge in [-0.05, 0) is 38.8 Å². The molecular weight excluding hydrogens is 298 g/mol. The third kappa shape index (κ3) is 3.18. The van der Waals surface area contributed by atoms with Crippen LogP contribution in [0.1, 0.15) is 35.1 Å². The summed E-state index contributed by atoms with van der Waals surface area (Å²) in [6, 6.07) is 5.68. The Hall–Kier alpha value is -1.79. The van der Waals surface area contributed by atoms with Crippen molar-refractivity contribution in [3.63, 3.8) is 0 Å². The average Bonchev–Trinajstić information content (AvgIpc) is 3.17. The molecule has 1 aliphatic rings. The molecule has 1 fully saturated rings. The van der Waals surface area contributed by atoms with Gasteiger partial charge in [0.15, 0.2) is 0 Å². The van der Waals surface area contributed by atoms with Crippen LogP contribution in [0.4, 0.5) is 0 Å². The highest BCUT2D eigenvalue weighted by atomic mass is 32.1. The van der Waals surface area contributed by atoms with E-state index in [9.17, 15) is 4.79 Å². The number of thiazole rings is 1. The van der Waals surface area contributed by atoms with Gasteiger partial charge in [-0.1, -0.05) is 6.07 Å². The van der Waals surface area contributed by atoms with Crippen LogP contribution in [0.15, 0.2) is 24.4 Å². The number of pyridine rings is 1. The maximum Gasteiger partial charge on any atom is 0.263 e. The Labute approximate surface area is 133 Å². The summed E-state index contributed by atoms with van der Waals surface area (Å²) in [6.07, 6.45) is 3.91. The second-order valence-corrected chi connectivity index (χ2v) is 6.46. The standard InChI is InChI=1S/C16H19N3O2S/c1-10(13-7-5-9-21-13)18-15(20)14-11(2)19-16(22-14)12-6-3-4-8-17-12/h3-4,6,8,10,13H,5,7,9H2,1-2H3,(H,18,20)/t10-,13-/m1/s1. The molecule has 6 heteroatoms. The van der Waals surface area contributed by atoms with Gasteiger partial charge in [-0.15, -0.1) is 11.3 Å². The minimum absolute atomic E-state index is 0.00907. The summed E-state index contributed by atoms with van der Waals surface area (Å²) in [7, 11) is 0. The fourth-order valence-electron chi connectivity index (χ4n) is 2.57. The first-order valence-electron chi connectivity index (χ1n) is 7.46. The van der Waals surface area contributed by atoms with Gasteiger partial charge in [0, 0.05) is 12.8 Å². The highest BCUT2D eigenvalue weighted by Crippen LogP contribution is 2.26. The molecule has 0 aromatic carbocycles. The first-order valence-corrected chi connectivity index (χ1v) is 8.28. The smallest absolute Gasteiger partial charge is 0.263 e. The normalized spacial score (nSPS) is 19.1. The van der Waals surface area contributed by atoms with Gasteiger partial charge in [0.05, 0.1) is 23.5 Å². The molecule has 1 saturated heterocycles. The largest absolute Gasteiger partial charge is 0.376 e. The number of amides is 1. The molecule has 0 saturated carbocycles. The third-order valence-corrected chi connectivity index (χ3v) is 4.95. The van der Waals surface area contributed by atoms with E-state index < -0.39 is 0 Å². The molecule has 1 aliphatic heterocycles. The summed E-state index contributed by atoms with van der Waals surface area (Å²) in [6.45, 7) is 4.63. The van der Waals surface area contributed by atoms with Crippen LogP contribution in [-0.2, 0) is 4.74 Å². The van der Waals surface area contributed by atoms with Gasteiger partial charge in [0.25, 0.3) is 5.91 Å². The fraction of sp³-hybridized carbons (Fsp3) is 0.438. The molecule has 0 radical (unpaired) electrons. The van der Waals surface area contributed by atoms with Crippen LogP contribution in [0.3, 0.4) is 0 Å². The van der Waals surface area contributed by atoms with Crippen molar-refractivity contribution < 1.29 is 9.53 Å². The zero-order chi connectivity index (χ0) is 15.5. The predicted molar refractivity (Wildman–Crippen MR) is 86.0 cm³/mol. The van der Waals surface area contributed by atoms with Crippen molar-refractivity contribution in [2.45, 2.75) is 38.8 Å². The van der Waals surface area contributed by atoms with Gasteiger partial charge in [0.2, 0.25) is 0 Å². The van der Waals surface area contributed by atoms with E-state index in [0.717, 1.165) is 35.8 Å². The summed E-state index contributed by atoms with van der Waals surface area (Å²) in [5.74, 6) is -0.0832. The van der Waals surface area contributed by atoms with E-state index in [1.807, 2.05) is 32.0 Å². The van der Waals surface area contributed by atoms with E-state index in [4.69, 9.17) is 4.74 Å². The van der Waals surface area contributed by atoms with Crippen LogP contribution in [0.2, 0.25) is 0 Å². The number of hydrogen-bond acceptors (Lipinski definition) is 5. The summed E-state index contributed by atoms with van der Waals surface area (Å²) in [5.41, 5.74) is 1.53. The van der Waals surface area contributed by atoms with E-state index in [1.54, 1.807) is 6.20 Å². The molecule has 5 nitrogen and oxygen atoms in total. The lowest BCUT2D eigenvalue weighted by atomic mass is 10.1. The summed E-state index contributed by atoms with van der Waals surface area (Å²) in [5, 5.41) is 3.80. The van der Waals surface area contributed by atoms with Crippen molar-refractivity contribution >= 4 is 17.2 Å². The number of carbonyl (C=O) groups is 1. The van der Waals surface area contributed by atoms with Gasteiger partial charge in [-0.25, -0.2) is 4.98 Å². The number of aryl methyl sites for hydroxylation is 1. The predicted octanol–water partition coefficient (Wildman–Crippen LogP) is 2.81. The van der Waals surface area contributed by atoms with Gasteiger partial charge in [-0.2, -0.15) is 0 Å². The quantitative estimate of drug-likeness (QED) is 0.942. The average molecular weight is 317 g/mol. The van der Waals surface area contributed by atoms with Crippen LogP contribution >= 0.6 is 11.3 Å². The zero-order valence-electron chi connectivity index (χ0n) is 12.7. The maximum absolute atomic E-state index is 12.5. The number of hydrogen-bond donors (Lipinski definition) is 1. The summed E-state index contributed by atoms with van der Waals surface area (Å²) < 4.78 is 5.62. The molecule has 2 aromatic rings. The van der Waals surface area contributed by atoms with Crippen molar-refractivity contribution in [2.75, 3.05) is 6.61 Å². The van der Waals surface area contributed by atoms with Gasteiger partial charge < -0.3 is 10.1 Å². The Morgan fingerprint density at radius 1 is 1.50 bits per heavy atom. The Morgan fingerprint density at radius 3 is 3.05 bits per heavy atom. The lowest BCUT2D eigenvalue weighted by molar-refractivity contribution is 0.0714. The highest BCUT2D eigenvalue weighted by molar-refractivity contribution is 7.17. The Balaban J connectivity index is 1.74. The van der Waals surface area contributed by atoms with E-state index in [-0.39, 0.29) is 18.1 Å². The molecule has 0 bridgehead atoms. The third-order valence-electron chi connectivity index (χ3n) is 3.77. The lowest BCUT2D eigenvalue weighted by Crippen LogP contribution is -2.40. The molecule has 1 amide bonds. The maximum atomic E-state index is 12.5.